The van der Waals surface area contributed by atoms with Gasteiger partial charge in [-0.25, -0.2) is 0 Å². The quantitative estimate of drug-likeness (QED) is 0.261. The number of hydrogen-bond acceptors (Lipinski definition) is 2. The van der Waals surface area contributed by atoms with Crippen molar-refractivity contribution in [3.05, 3.63) is 115 Å². The van der Waals surface area contributed by atoms with Crippen LogP contribution in [0.3, 0.4) is 0 Å². The van der Waals surface area contributed by atoms with E-state index < -0.39 is 0 Å². The van der Waals surface area contributed by atoms with Crippen molar-refractivity contribution in [2.45, 2.75) is 0 Å². The largest absolute Gasteiger partial charge is 0.455 e. The summed E-state index contributed by atoms with van der Waals surface area (Å²) in [6.45, 7) is 0. The third kappa shape index (κ3) is 2.71. The fourth-order valence-electron chi connectivity index (χ4n) is 5.05. The van der Waals surface area contributed by atoms with Gasteiger partial charge < -0.3 is 4.42 Å². The summed E-state index contributed by atoms with van der Waals surface area (Å²) < 4.78 is 6.37. The Hall–Kier alpha value is -4.43. The molecule has 0 amide bonds. The molecule has 0 N–H and O–H groups in total. The van der Waals surface area contributed by atoms with E-state index in [-0.39, 0.29) is 0 Å². The van der Waals surface area contributed by atoms with Crippen LogP contribution >= 0.6 is 0 Å². The molecular formula is C31H19NO. The lowest BCUT2D eigenvalue weighted by molar-refractivity contribution is 0.670. The fraction of sp³-hybridized carbons (Fsp3) is 0. The molecule has 0 aliphatic carbocycles. The van der Waals surface area contributed by atoms with Gasteiger partial charge in [0.25, 0.3) is 0 Å². The molecule has 7 aromatic rings. The van der Waals surface area contributed by atoms with Gasteiger partial charge in [-0.2, -0.15) is 0 Å². The Morgan fingerprint density at radius 3 is 2.09 bits per heavy atom. The summed E-state index contributed by atoms with van der Waals surface area (Å²) in [4.78, 5) is 4.76. The van der Waals surface area contributed by atoms with Crippen LogP contribution in [-0.2, 0) is 0 Å². The Kier molecular flexibility index (Phi) is 3.88. The number of benzene rings is 5. The van der Waals surface area contributed by atoms with E-state index in [2.05, 4.69) is 91.0 Å². The Bertz CT molecular complexity index is 1830. The Balaban J connectivity index is 1.57. The molecule has 2 aromatic heterocycles. The molecule has 154 valence electrons. The summed E-state index contributed by atoms with van der Waals surface area (Å²) in [6.07, 6.45) is 1.87. The van der Waals surface area contributed by atoms with Crippen molar-refractivity contribution < 1.29 is 4.42 Å². The highest BCUT2D eigenvalue weighted by Gasteiger charge is 2.17. The van der Waals surface area contributed by atoms with Crippen molar-refractivity contribution in [3.63, 3.8) is 0 Å². The fourth-order valence-corrected chi connectivity index (χ4v) is 5.05. The first kappa shape index (κ1) is 18.2. The van der Waals surface area contributed by atoms with Crippen LogP contribution in [0.1, 0.15) is 0 Å². The van der Waals surface area contributed by atoms with E-state index in [1.165, 1.54) is 21.9 Å². The van der Waals surface area contributed by atoms with Gasteiger partial charge in [0.2, 0.25) is 0 Å². The minimum atomic E-state index is 0.915. The van der Waals surface area contributed by atoms with E-state index >= 15 is 0 Å². The van der Waals surface area contributed by atoms with E-state index in [0.29, 0.717) is 0 Å². The summed E-state index contributed by atoms with van der Waals surface area (Å²) in [5.74, 6) is 0. The summed E-state index contributed by atoms with van der Waals surface area (Å²) >= 11 is 0. The number of aromatic nitrogens is 1. The molecule has 0 aliphatic rings. The maximum absolute atomic E-state index is 6.37. The SMILES string of the molecule is c1ccc(-c2cccc3ccc4cccnc4c23)c(-c2cccc3c2oc2ccccc23)c1. The zero-order valence-electron chi connectivity index (χ0n) is 17.8. The molecule has 2 nitrogen and oxygen atoms in total. The van der Waals surface area contributed by atoms with Gasteiger partial charge in [0.05, 0.1) is 5.52 Å². The number of fused-ring (bicyclic) bond motifs is 6. The first-order valence-corrected chi connectivity index (χ1v) is 11.1. The molecule has 33 heavy (non-hydrogen) atoms. The molecule has 0 unspecified atom stereocenters. The monoisotopic (exact) mass is 421 g/mol. The van der Waals surface area contributed by atoms with E-state index in [4.69, 9.17) is 9.40 Å². The lowest BCUT2D eigenvalue weighted by Gasteiger charge is -2.14. The van der Waals surface area contributed by atoms with E-state index in [9.17, 15) is 0 Å². The molecule has 0 saturated heterocycles. The lowest BCUT2D eigenvalue weighted by Crippen LogP contribution is -1.89. The summed E-state index contributed by atoms with van der Waals surface area (Å²) in [5, 5.41) is 5.81. The van der Waals surface area contributed by atoms with Crippen LogP contribution in [0.5, 0.6) is 0 Å². The lowest BCUT2D eigenvalue weighted by atomic mass is 9.90. The smallest absolute Gasteiger partial charge is 0.143 e. The maximum atomic E-state index is 6.37. The van der Waals surface area contributed by atoms with Crippen LogP contribution in [0, 0.1) is 0 Å². The van der Waals surface area contributed by atoms with Crippen molar-refractivity contribution in [2.75, 3.05) is 0 Å². The predicted octanol–water partition coefficient (Wildman–Crippen LogP) is 8.62. The average Bonchev–Trinajstić information content (AvgIpc) is 3.27. The van der Waals surface area contributed by atoms with Gasteiger partial charge >= 0.3 is 0 Å². The molecule has 0 radical (unpaired) electrons. The van der Waals surface area contributed by atoms with Gasteiger partial charge in [0.1, 0.15) is 11.2 Å². The molecule has 0 aliphatic heterocycles. The highest BCUT2D eigenvalue weighted by molar-refractivity contribution is 6.15. The third-order valence-corrected chi connectivity index (χ3v) is 6.53. The van der Waals surface area contributed by atoms with Crippen molar-refractivity contribution in [2.24, 2.45) is 0 Å². The molecule has 2 heteroatoms. The van der Waals surface area contributed by atoms with Crippen LogP contribution in [0.2, 0.25) is 0 Å². The highest BCUT2D eigenvalue weighted by Crippen LogP contribution is 2.42. The number of furan rings is 1. The van der Waals surface area contributed by atoms with Gasteiger partial charge in [-0.3, -0.25) is 4.98 Å². The van der Waals surface area contributed by atoms with Gasteiger partial charge in [-0.1, -0.05) is 97.1 Å². The summed E-state index contributed by atoms with van der Waals surface area (Å²) in [5.41, 5.74) is 7.48. The minimum Gasteiger partial charge on any atom is -0.455 e. The van der Waals surface area contributed by atoms with Gasteiger partial charge in [-0.15, -0.1) is 0 Å². The molecular weight excluding hydrogens is 402 g/mol. The predicted molar refractivity (Wildman–Crippen MR) is 137 cm³/mol. The summed E-state index contributed by atoms with van der Waals surface area (Å²) in [7, 11) is 0. The number of rotatable bonds is 2. The zero-order chi connectivity index (χ0) is 21.8. The third-order valence-electron chi connectivity index (χ3n) is 6.53. The maximum Gasteiger partial charge on any atom is 0.143 e. The van der Waals surface area contributed by atoms with E-state index in [1.54, 1.807) is 0 Å². The molecule has 7 rings (SSSR count). The van der Waals surface area contributed by atoms with E-state index in [0.717, 1.165) is 44.0 Å². The number of hydrogen-bond donors (Lipinski definition) is 0. The second kappa shape index (κ2) is 7.04. The van der Waals surface area contributed by atoms with Gasteiger partial charge in [0.15, 0.2) is 0 Å². The molecule has 0 saturated carbocycles. The first-order chi connectivity index (χ1) is 16.4. The Morgan fingerprint density at radius 1 is 0.485 bits per heavy atom. The van der Waals surface area contributed by atoms with Crippen LogP contribution in [0.4, 0.5) is 0 Å². The number of pyridine rings is 1. The number of nitrogens with zero attached hydrogens (tertiary/aromatic N) is 1. The van der Waals surface area contributed by atoms with Crippen molar-refractivity contribution >= 4 is 43.6 Å². The number of para-hydroxylation sites is 2. The second-order valence-electron chi connectivity index (χ2n) is 8.37. The van der Waals surface area contributed by atoms with Crippen molar-refractivity contribution in [3.8, 4) is 22.3 Å². The second-order valence-corrected chi connectivity index (χ2v) is 8.37. The zero-order valence-corrected chi connectivity index (χ0v) is 17.8. The van der Waals surface area contributed by atoms with Gasteiger partial charge in [0, 0.05) is 33.3 Å². The Labute approximate surface area is 190 Å². The standard InChI is InChI=1S/C31H19NO/c1-2-11-23(26-14-6-15-27-24-12-3-4-16-28(24)33-31(26)27)22(10-1)25-13-5-8-20-17-18-21-9-7-19-32-30(21)29(20)25/h1-19H. The van der Waals surface area contributed by atoms with Gasteiger partial charge in [-0.05, 0) is 34.2 Å². The van der Waals surface area contributed by atoms with Crippen LogP contribution in [0.15, 0.2) is 120 Å². The Morgan fingerprint density at radius 2 is 1.15 bits per heavy atom. The molecule has 0 bridgehead atoms. The van der Waals surface area contributed by atoms with Crippen LogP contribution in [-0.4, -0.2) is 4.98 Å². The van der Waals surface area contributed by atoms with Crippen molar-refractivity contribution in [1.29, 1.82) is 0 Å². The minimum absolute atomic E-state index is 0.915. The topological polar surface area (TPSA) is 26.0 Å². The molecule has 5 aromatic carbocycles. The van der Waals surface area contributed by atoms with E-state index in [1.807, 2.05) is 24.4 Å². The van der Waals surface area contributed by atoms with Crippen molar-refractivity contribution in [1.82, 2.24) is 4.98 Å². The molecule has 0 atom stereocenters. The normalized spacial score (nSPS) is 11.6. The summed E-state index contributed by atoms with van der Waals surface area (Å²) in [6, 6.07) is 38.2. The molecule has 0 spiro atoms. The molecule has 0 fully saturated rings. The van der Waals surface area contributed by atoms with Crippen LogP contribution < -0.4 is 0 Å². The average molecular weight is 421 g/mol. The molecule has 2 heterocycles. The van der Waals surface area contributed by atoms with Crippen LogP contribution in [0.25, 0.3) is 65.9 Å². The first-order valence-electron chi connectivity index (χ1n) is 11.1. The highest BCUT2D eigenvalue weighted by atomic mass is 16.3.